The number of benzene rings is 1. The molecular weight excluding hydrogens is 306 g/mol. The molecule has 2 rings (SSSR count). The molecule has 1 aromatic carbocycles. The zero-order valence-electron chi connectivity index (χ0n) is 12.0. The molecular formula is C15H20ClN3OS. The van der Waals surface area contributed by atoms with E-state index in [0.29, 0.717) is 18.8 Å². The van der Waals surface area contributed by atoms with Crippen molar-refractivity contribution in [2.24, 2.45) is 5.73 Å². The summed E-state index contributed by atoms with van der Waals surface area (Å²) in [6.07, 6.45) is 1.68. The summed E-state index contributed by atoms with van der Waals surface area (Å²) in [6, 6.07) is 8.14. The number of carbonyl (C=O) groups excluding carboxylic acids is 1. The second kappa shape index (κ2) is 8.77. The van der Waals surface area contributed by atoms with E-state index in [-0.39, 0.29) is 18.3 Å². The van der Waals surface area contributed by atoms with Crippen LogP contribution in [0.5, 0.6) is 0 Å². The smallest absolute Gasteiger partial charge is 0.271 e. The molecule has 1 aromatic heterocycles. The van der Waals surface area contributed by atoms with Crippen molar-refractivity contribution in [1.82, 2.24) is 10.3 Å². The van der Waals surface area contributed by atoms with Crippen LogP contribution in [0.25, 0.3) is 0 Å². The first-order valence-electron chi connectivity index (χ1n) is 6.74. The molecule has 1 heterocycles. The lowest BCUT2D eigenvalue weighted by molar-refractivity contribution is 0.0946. The molecule has 0 unspecified atom stereocenters. The summed E-state index contributed by atoms with van der Waals surface area (Å²) < 4.78 is 0. The Hall–Kier alpha value is -1.43. The number of thiazole rings is 1. The van der Waals surface area contributed by atoms with E-state index in [4.69, 9.17) is 5.73 Å². The van der Waals surface area contributed by atoms with Crippen LogP contribution in [0.1, 0.15) is 33.5 Å². The number of nitrogens with two attached hydrogens (primary N) is 1. The number of amides is 1. The van der Waals surface area contributed by atoms with Crippen molar-refractivity contribution in [3.8, 4) is 0 Å². The Balaban J connectivity index is 0.00000220. The number of carbonyl (C=O) groups is 1. The van der Waals surface area contributed by atoms with Gasteiger partial charge in [-0.3, -0.25) is 4.79 Å². The maximum atomic E-state index is 12.0. The van der Waals surface area contributed by atoms with Crippen LogP contribution < -0.4 is 11.1 Å². The molecule has 0 saturated heterocycles. The molecule has 114 valence electrons. The molecule has 0 aliphatic rings. The first-order chi connectivity index (χ1) is 9.74. The number of nitrogens with zero attached hydrogens (tertiary/aromatic N) is 1. The molecule has 21 heavy (non-hydrogen) atoms. The monoisotopic (exact) mass is 325 g/mol. The normalized spacial score (nSPS) is 10.0. The Kier molecular flexibility index (Phi) is 7.36. The largest absolute Gasteiger partial charge is 0.347 e. The first-order valence-corrected chi connectivity index (χ1v) is 7.62. The summed E-state index contributed by atoms with van der Waals surface area (Å²) in [7, 11) is 0. The molecule has 0 fully saturated rings. The lowest BCUT2D eigenvalue weighted by atomic mass is 10.1. The third kappa shape index (κ3) is 4.81. The van der Waals surface area contributed by atoms with Crippen molar-refractivity contribution in [1.29, 1.82) is 0 Å². The summed E-state index contributed by atoms with van der Waals surface area (Å²) in [4.78, 5) is 16.3. The molecule has 3 N–H and O–H groups in total. The van der Waals surface area contributed by atoms with E-state index in [1.165, 1.54) is 16.9 Å². The van der Waals surface area contributed by atoms with Gasteiger partial charge in [-0.25, -0.2) is 4.98 Å². The van der Waals surface area contributed by atoms with Crippen LogP contribution in [0.2, 0.25) is 0 Å². The number of aryl methyl sites for hydroxylation is 1. The van der Waals surface area contributed by atoms with Crippen LogP contribution in [0.3, 0.4) is 0 Å². The van der Waals surface area contributed by atoms with Gasteiger partial charge in [0.25, 0.3) is 5.91 Å². The molecule has 0 aliphatic carbocycles. The maximum Gasteiger partial charge on any atom is 0.271 e. The van der Waals surface area contributed by atoms with E-state index in [2.05, 4.69) is 23.3 Å². The fourth-order valence-corrected chi connectivity index (χ4v) is 2.79. The molecule has 2 aromatic rings. The minimum Gasteiger partial charge on any atom is -0.347 e. The lowest BCUT2D eigenvalue weighted by Gasteiger charge is -2.08. The third-order valence-electron chi connectivity index (χ3n) is 3.08. The van der Waals surface area contributed by atoms with Gasteiger partial charge in [-0.15, -0.1) is 23.7 Å². The van der Waals surface area contributed by atoms with E-state index in [1.54, 1.807) is 5.38 Å². The molecule has 0 atom stereocenters. The van der Waals surface area contributed by atoms with Gasteiger partial charge in [-0.1, -0.05) is 31.2 Å². The van der Waals surface area contributed by atoms with E-state index in [9.17, 15) is 4.79 Å². The zero-order chi connectivity index (χ0) is 14.4. The molecule has 0 spiro atoms. The predicted molar refractivity (Wildman–Crippen MR) is 89.1 cm³/mol. The first kappa shape index (κ1) is 17.6. The SMILES string of the molecule is CCc1ccccc1CNC(=O)c1csc(CCN)n1.Cl. The van der Waals surface area contributed by atoms with Gasteiger partial charge >= 0.3 is 0 Å². The number of hydrogen-bond donors (Lipinski definition) is 2. The van der Waals surface area contributed by atoms with E-state index in [1.807, 2.05) is 18.2 Å². The molecule has 1 amide bonds. The molecule has 0 bridgehead atoms. The summed E-state index contributed by atoms with van der Waals surface area (Å²) in [6.45, 7) is 3.20. The number of nitrogens with one attached hydrogen (secondary N) is 1. The minimum absolute atomic E-state index is 0. The van der Waals surface area contributed by atoms with Crippen molar-refractivity contribution in [2.75, 3.05) is 6.54 Å². The Morgan fingerprint density at radius 1 is 1.33 bits per heavy atom. The highest BCUT2D eigenvalue weighted by molar-refractivity contribution is 7.09. The van der Waals surface area contributed by atoms with Crippen LogP contribution in [0, 0.1) is 0 Å². The molecule has 0 radical (unpaired) electrons. The van der Waals surface area contributed by atoms with Gasteiger partial charge in [0.15, 0.2) is 0 Å². The zero-order valence-corrected chi connectivity index (χ0v) is 13.6. The number of aromatic nitrogens is 1. The molecule has 0 saturated carbocycles. The third-order valence-corrected chi connectivity index (χ3v) is 3.99. The topological polar surface area (TPSA) is 68.0 Å². The fourth-order valence-electron chi connectivity index (χ4n) is 1.99. The van der Waals surface area contributed by atoms with Crippen molar-refractivity contribution >= 4 is 29.7 Å². The average molecular weight is 326 g/mol. The average Bonchev–Trinajstić information content (AvgIpc) is 2.94. The Morgan fingerprint density at radius 2 is 2.05 bits per heavy atom. The van der Waals surface area contributed by atoms with E-state index in [0.717, 1.165) is 23.4 Å². The van der Waals surface area contributed by atoms with E-state index < -0.39 is 0 Å². The molecule has 0 aliphatic heterocycles. The Labute approximate surface area is 135 Å². The van der Waals surface area contributed by atoms with Gasteiger partial charge in [-0.05, 0) is 24.1 Å². The summed E-state index contributed by atoms with van der Waals surface area (Å²) in [5.74, 6) is -0.129. The molecule has 6 heteroatoms. The fraction of sp³-hybridized carbons (Fsp3) is 0.333. The second-order valence-corrected chi connectivity index (χ2v) is 5.41. The van der Waals surface area contributed by atoms with Crippen LogP contribution >= 0.6 is 23.7 Å². The standard InChI is InChI=1S/C15H19N3OS.ClH/c1-2-11-5-3-4-6-12(11)9-17-15(19)13-10-20-14(18-13)7-8-16;/h3-6,10H,2,7-9,16H2,1H3,(H,17,19);1H. The highest BCUT2D eigenvalue weighted by Gasteiger charge is 2.10. The summed E-state index contributed by atoms with van der Waals surface area (Å²) in [5.41, 5.74) is 8.37. The van der Waals surface area contributed by atoms with Crippen LogP contribution in [-0.2, 0) is 19.4 Å². The lowest BCUT2D eigenvalue weighted by Crippen LogP contribution is -2.23. The Morgan fingerprint density at radius 3 is 2.71 bits per heavy atom. The maximum absolute atomic E-state index is 12.0. The summed E-state index contributed by atoms with van der Waals surface area (Å²) in [5, 5.41) is 5.61. The van der Waals surface area contributed by atoms with Crippen molar-refractivity contribution < 1.29 is 4.79 Å². The van der Waals surface area contributed by atoms with Gasteiger partial charge in [-0.2, -0.15) is 0 Å². The highest BCUT2D eigenvalue weighted by Crippen LogP contribution is 2.12. The van der Waals surface area contributed by atoms with Gasteiger partial charge < -0.3 is 11.1 Å². The van der Waals surface area contributed by atoms with Crippen LogP contribution in [0.15, 0.2) is 29.6 Å². The molecule has 4 nitrogen and oxygen atoms in total. The van der Waals surface area contributed by atoms with Crippen LogP contribution in [0.4, 0.5) is 0 Å². The second-order valence-electron chi connectivity index (χ2n) is 4.47. The minimum atomic E-state index is -0.129. The van der Waals surface area contributed by atoms with Crippen molar-refractivity contribution in [2.45, 2.75) is 26.3 Å². The van der Waals surface area contributed by atoms with Gasteiger partial charge in [0, 0.05) is 18.3 Å². The highest BCUT2D eigenvalue weighted by atomic mass is 35.5. The summed E-state index contributed by atoms with van der Waals surface area (Å²) >= 11 is 1.48. The van der Waals surface area contributed by atoms with Crippen molar-refractivity contribution in [3.63, 3.8) is 0 Å². The van der Waals surface area contributed by atoms with Crippen molar-refractivity contribution in [3.05, 3.63) is 51.5 Å². The number of rotatable bonds is 6. The number of halogens is 1. The van der Waals surface area contributed by atoms with E-state index >= 15 is 0 Å². The predicted octanol–water partition coefficient (Wildman–Crippen LogP) is 2.56. The van der Waals surface area contributed by atoms with Gasteiger partial charge in [0.1, 0.15) is 5.69 Å². The number of hydrogen-bond acceptors (Lipinski definition) is 4. The quantitative estimate of drug-likeness (QED) is 0.857. The van der Waals surface area contributed by atoms with Gasteiger partial charge in [0.2, 0.25) is 0 Å². The Bertz CT molecular complexity index is 586. The van der Waals surface area contributed by atoms with Crippen LogP contribution in [-0.4, -0.2) is 17.4 Å². The van der Waals surface area contributed by atoms with Gasteiger partial charge in [0.05, 0.1) is 5.01 Å².